The summed E-state index contributed by atoms with van der Waals surface area (Å²) < 4.78 is 59.3. The van der Waals surface area contributed by atoms with Gasteiger partial charge in [-0.1, -0.05) is 24.3 Å². The average molecular weight is 501 g/mol. The molecule has 3 aromatic rings. The average Bonchev–Trinajstić information content (AvgIpc) is 3.18. The summed E-state index contributed by atoms with van der Waals surface area (Å²) in [5.74, 6) is -0.0274. The first-order valence-electron chi connectivity index (χ1n) is 10.8. The van der Waals surface area contributed by atoms with Crippen LogP contribution in [0.5, 0.6) is 5.75 Å². The molecule has 0 aromatic heterocycles. The Bertz CT molecular complexity index is 1450. The van der Waals surface area contributed by atoms with Crippen LogP contribution in [0.1, 0.15) is 18.1 Å². The number of aliphatic hydroxyl groups excluding tert-OH is 1. The summed E-state index contributed by atoms with van der Waals surface area (Å²) in [6.07, 6.45) is -4.48. The molecule has 0 saturated heterocycles. The molecule has 0 radical (unpaired) electrons. The lowest BCUT2D eigenvalue weighted by atomic mass is 10.0. The Morgan fingerprint density at radius 2 is 1.64 bits per heavy atom. The molecule has 0 fully saturated rings. The highest BCUT2D eigenvalue weighted by Crippen LogP contribution is 2.36. The van der Waals surface area contributed by atoms with Gasteiger partial charge in [-0.25, -0.2) is 9.40 Å². The summed E-state index contributed by atoms with van der Waals surface area (Å²) in [6, 6.07) is 16.5. The zero-order valence-corrected chi connectivity index (χ0v) is 19.3. The number of fused-ring (bicyclic) bond motifs is 2. The third-order valence-corrected chi connectivity index (χ3v) is 6.16. The molecule has 36 heavy (non-hydrogen) atoms. The van der Waals surface area contributed by atoms with E-state index in [1.54, 1.807) is 19.2 Å². The summed E-state index contributed by atoms with van der Waals surface area (Å²) in [5, 5.41) is 13.4. The van der Waals surface area contributed by atoms with Crippen LogP contribution in [0.2, 0.25) is 0 Å². The Labute approximate surface area is 203 Å². The van der Waals surface area contributed by atoms with Crippen LogP contribution in [0.15, 0.2) is 78.3 Å². The number of hydrazine groups is 1. The molecule has 2 heterocycles. The van der Waals surface area contributed by atoms with E-state index < -0.39 is 17.6 Å². The van der Waals surface area contributed by atoms with E-state index in [1.807, 2.05) is 36.1 Å². The molecule has 0 spiro atoms. The first-order valence-corrected chi connectivity index (χ1v) is 10.8. The highest BCUT2D eigenvalue weighted by atomic mass is 19.4. The van der Waals surface area contributed by atoms with Crippen LogP contribution < -0.4 is 25.6 Å². The minimum atomic E-state index is -4.48. The van der Waals surface area contributed by atoms with Gasteiger partial charge in [-0.3, -0.25) is 5.43 Å². The summed E-state index contributed by atoms with van der Waals surface area (Å²) in [7, 11) is 1.58. The fourth-order valence-corrected chi connectivity index (χ4v) is 4.36. The van der Waals surface area contributed by atoms with Crippen LogP contribution in [0, 0.1) is 5.82 Å². The van der Waals surface area contributed by atoms with E-state index in [4.69, 9.17) is 4.74 Å². The molecule has 0 saturated carbocycles. The van der Waals surface area contributed by atoms with Crippen LogP contribution in [0.25, 0.3) is 11.4 Å². The van der Waals surface area contributed by atoms with E-state index in [0.717, 1.165) is 23.4 Å². The van der Waals surface area contributed by atoms with Crippen molar-refractivity contribution >= 4 is 17.1 Å². The van der Waals surface area contributed by atoms with Crippen molar-refractivity contribution in [1.29, 1.82) is 0 Å². The summed E-state index contributed by atoms with van der Waals surface area (Å²) in [5.41, 5.74) is 4.75. The van der Waals surface area contributed by atoms with Crippen LogP contribution in [-0.2, 0) is 12.7 Å². The van der Waals surface area contributed by atoms with Gasteiger partial charge in [-0.05, 0) is 55.0 Å². The third-order valence-electron chi connectivity index (χ3n) is 6.16. The normalized spacial score (nSPS) is 14.8. The summed E-state index contributed by atoms with van der Waals surface area (Å²) in [4.78, 5) is 1.85. The highest BCUT2D eigenvalue weighted by Gasteiger charge is 2.37. The zero-order valence-electron chi connectivity index (χ0n) is 19.3. The number of rotatable bonds is 4. The van der Waals surface area contributed by atoms with Crippen molar-refractivity contribution in [1.82, 2.24) is 10.3 Å². The van der Waals surface area contributed by atoms with E-state index in [-0.39, 0.29) is 22.3 Å². The van der Waals surface area contributed by atoms with Crippen molar-refractivity contribution < 1.29 is 32.9 Å². The number of halogens is 4. The maximum absolute atomic E-state index is 15.0. The number of aliphatic hydroxyl groups is 1. The molecule has 5 rings (SSSR count). The molecule has 0 amide bonds. The van der Waals surface area contributed by atoms with Gasteiger partial charge in [0.25, 0.3) is 0 Å². The first-order chi connectivity index (χ1) is 16.7. The topological polar surface area (TPSA) is 79.5 Å². The maximum atomic E-state index is 15.0. The number of nitrogens with one attached hydrogen (secondary N) is 1. The second kappa shape index (κ2) is 9.12. The highest BCUT2D eigenvalue weighted by molar-refractivity contribution is 5.77. The van der Waals surface area contributed by atoms with Crippen LogP contribution >= 0.6 is 0 Å². The quantitative estimate of drug-likeness (QED) is 0.535. The van der Waals surface area contributed by atoms with E-state index in [9.17, 15) is 18.3 Å². The van der Waals surface area contributed by atoms with E-state index >= 15 is 4.39 Å². The molecule has 2 aliphatic rings. The Morgan fingerprint density at radius 1 is 0.972 bits per heavy atom. The number of hydrogen-bond acceptors (Lipinski definition) is 5. The van der Waals surface area contributed by atoms with Crippen molar-refractivity contribution in [3.8, 4) is 5.75 Å². The summed E-state index contributed by atoms with van der Waals surface area (Å²) in [6.45, 7) is 2.19. The Hall–Kier alpha value is -4.18. The van der Waals surface area contributed by atoms with Gasteiger partial charge in [-0.2, -0.15) is 13.2 Å². The van der Waals surface area contributed by atoms with Gasteiger partial charge in [0.1, 0.15) is 17.3 Å². The number of nitrogens with zero attached hydrogens (tertiary/aromatic N) is 2. The zero-order chi connectivity index (χ0) is 24.9. The Morgan fingerprint density at radius 3 is 2.25 bits per heavy atom. The predicted octanol–water partition coefficient (Wildman–Crippen LogP) is 3.53. The van der Waals surface area contributed by atoms with Crippen LogP contribution in [0.3, 0.4) is 0 Å². The standard InChI is InChI=1S/C26H21F4N3O2.H2O/c1-15-20-4-3-5-21(27)22(20)23-24(32(15)14-16-6-12-19(35-2)13-7-16)25(34)33(31-23)18-10-8-17(9-11-18)26(28,29)30;/h3-13,31,34H,14H2,1-2H3;1H2. The molecule has 0 atom stereocenters. The third kappa shape index (κ3) is 4.09. The van der Waals surface area contributed by atoms with Gasteiger partial charge in [0.15, 0.2) is 0 Å². The lowest BCUT2D eigenvalue weighted by Crippen LogP contribution is -2.44. The molecule has 0 bridgehead atoms. The molecule has 188 valence electrons. The monoisotopic (exact) mass is 501 g/mol. The second-order valence-corrected chi connectivity index (χ2v) is 8.22. The predicted molar refractivity (Wildman–Crippen MR) is 127 cm³/mol. The molecule has 6 nitrogen and oxygen atoms in total. The number of methoxy groups -OCH3 is 1. The number of benzene rings is 3. The Balaban J connectivity index is 0.00000304. The van der Waals surface area contributed by atoms with Crippen molar-refractivity contribution in [3.63, 3.8) is 0 Å². The second-order valence-electron chi connectivity index (χ2n) is 8.22. The van der Waals surface area contributed by atoms with Gasteiger partial charge in [0.2, 0.25) is 5.88 Å². The van der Waals surface area contributed by atoms with Crippen molar-refractivity contribution in [2.24, 2.45) is 0 Å². The first kappa shape index (κ1) is 24.9. The van der Waals surface area contributed by atoms with E-state index in [2.05, 4.69) is 5.43 Å². The smallest absolute Gasteiger partial charge is 0.416 e. The minimum absolute atomic E-state index is 0. The molecule has 2 aliphatic heterocycles. The molecule has 3 aromatic carbocycles. The van der Waals surface area contributed by atoms with Crippen molar-refractivity contribution in [3.05, 3.63) is 106 Å². The SMILES string of the molecule is COc1ccc(CN2C3=C(O)N(c4ccc(C(F)(F)F)cc4)NC3=c3c(F)cccc3=C2C)cc1.O. The largest absolute Gasteiger partial charge is 0.497 e. The van der Waals surface area contributed by atoms with Gasteiger partial charge >= 0.3 is 6.18 Å². The fraction of sp³-hybridized carbons (Fsp3) is 0.154. The molecule has 4 N–H and O–H groups in total. The Kier molecular flexibility index (Phi) is 6.32. The molecule has 10 heteroatoms. The van der Waals surface area contributed by atoms with Gasteiger partial charge in [0, 0.05) is 22.7 Å². The van der Waals surface area contributed by atoms with Crippen LogP contribution in [-0.4, -0.2) is 22.6 Å². The maximum Gasteiger partial charge on any atom is 0.416 e. The lowest BCUT2D eigenvalue weighted by molar-refractivity contribution is -0.137. The van der Waals surface area contributed by atoms with E-state index in [1.165, 1.54) is 23.2 Å². The summed E-state index contributed by atoms with van der Waals surface area (Å²) >= 11 is 0. The van der Waals surface area contributed by atoms with Gasteiger partial charge < -0.3 is 20.2 Å². The van der Waals surface area contributed by atoms with Gasteiger partial charge in [0.05, 0.1) is 24.1 Å². The fourth-order valence-electron chi connectivity index (χ4n) is 4.36. The number of hydrogen-bond donors (Lipinski definition) is 2. The lowest BCUT2D eigenvalue weighted by Gasteiger charge is -2.30. The van der Waals surface area contributed by atoms with Crippen LogP contribution in [0.4, 0.5) is 23.2 Å². The van der Waals surface area contributed by atoms with Crippen molar-refractivity contribution in [2.75, 3.05) is 12.1 Å². The molecule has 0 unspecified atom stereocenters. The molecular formula is C26H23F4N3O3. The number of anilines is 1. The number of alkyl halides is 3. The van der Waals surface area contributed by atoms with E-state index in [0.29, 0.717) is 28.9 Å². The molecule has 0 aliphatic carbocycles. The minimum Gasteiger partial charge on any atom is -0.497 e. The van der Waals surface area contributed by atoms with Gasteiger partial charge in [-0.15, -0.1) is 0 Å². The molecular weight excluding hydrogens is 478 g/mol. The number of ether oxygens (including phenoxy) is 1. The van der Waals surface area contributed by atoms with Crippen molar-refractivity contribution in [2.45, 2.75) is 19.6 Å².